The maximum atomic E-state index is 12.1. The van der Waals surface area contributed by atoms with Gasteiger partial charge in [-0.25, -0.2) is 9.78 Å². The smallest absolute Gasteiger partial charge is 0.387 e. The number of rotatable bonds is 6. The molecule has 0 fully saturated rings. The van der Waals surface area contributed by atoms with Crippen molar-refractivity contribution in [2.45, 2.75) is 13.8 Å². The molecule has 0 bridgehead atoms. The lowest BCUT2D eigenvalue weighted by molar-refractivity contribution is 0.0505. The molecule has 2 rings (SSSR count). The Morgan fingerprint density at radius 2 is 1.72 bits per heavy atom. The maximum absolute atomic E-state index is 12.1. The van der Waals surface area contributed by atoms with Crippen LogP contribution in [0.15, 0.2) is 23.4 Å². The second kappa shape index (κ2) is 7.90. The van der Waals surface area contributed by atoms with Crippen LogP contribution in [-0.2, 0) is 4.84 Å². The Bertz CT molecular complexity index is 783. The van der Waals surface area contributed by atoms with Crippen molar-refractivity contribution in [3.63, 3.8) is 0 Å². The fraction of sp³-hybridized carbons (Fsp3) is 0.267. The Labute approximate surface area is 143 Å². The second-order valence-electron chi connectivity index (χ2n) is 4.84. The summed E-state index contributed by atoms with van der Waals surface area (Å²) in [6, 6.07) is 4.27. The van der Waals surface area contributed by atoms with Gasteiger partial charge in [0.05, 0.1) is 26.0 Å². The van der Waals surface area contributed by atoms with Gasteiger partial charge in [-0.1, -0.05) is 5.16 Å². The number of hydrogen-bond acceptors (Lipinski definition) is 10. The van der Waals surface area contributed by atoms with Gasteiger partial charge in [-0.05, 0) is 26.0 Å². The van der Waals surface area contributed by atoms with Crippen LogP contribution in [0.4, 0.5) is 5.82 Å². The van der Waals surface area contributed by atoms with Gasteiger partial charge in [0.15, 0.2) is 11.4 Å². The first-order valence-electron chi connectivity index (χ1n) is 7.07. The van der Waals surface area contributed by atoms with E-state index in [9.17, 15) is 4.79 Å². The highest BCUT2D eigenvalue weighted by Gasteiger charge is 2.19. The van der Waals surface area contributed by atoms with Crippen LogP contribution < -0.4 is 19.9 Å². The second-order valence-corrected chi connectivity index (χ2v) is 4.84. The van der Waals surface area contributed by atoms with Crippen molar-refractivity contribution in [3.8, 4) is 23.5 Å². The molecule has 0 atom stereocenters. The number of hydrogen-bond donors (Lipinski definition) is 1. The zero-order valence-electron chi connectivity index (χ0n) is 14.1. The summed E-state index contributed by atoms with van der Waals surface area (Å²) in [6.07, 6.45) is 0. The largest absolute Gasteiger partial charge is 0.481 e. The third-order valence-electron chi connectivity index (χ3n) is 2.66. The summed E-state index contributed by atoms with van der Waals surface area (Å²) >= 11 is 0. The minimum Gasteiger partial charge on any atom is -0.481 e. The number of pyridine rings is 1. The summed E-state index contributed by atoms with van der Waals surface area (Å²) in [5.41, 5.74) is 6.01. The lowest BCUT2D eigenvalue weighted by atomic mass is 10.3. The topological polar surface area (TPSA) is 131 Å². The summed E-state index contributed by atoms with van der Waals surface area (Å²) < 4.78 is 15.6. The number of nitrogens with zero attached hydrogens (tertiary/aromatic N) is 4. The number of oxime groups is 1. The van der Waals surface area contributed by atoms with Crippen LogP contribution in [0.1, 0.15) is 24.3 Å². The number of carbonyl (C=O) groups is 1. The summed E-state index contributed by atoms with van der Waals surface area (Å²) in [7, 11) is 2.87. The van der Waals surface area contributed by atoms with E-state index in [1.54, 1.807) is 13.8 Å². The van der Waals surface area contributed by atoms with Crippen molar-refractivity contribution in [1.29, 1.82) is 0 Å². The van der Waals surface area contributed by atoms with Gasteiger partial charge in [-0.3, -0.25) is 0 Å². The third-order valence-corrected chi connectivity index (χ3v) is 2.66. The highest BCUT2D eigenvalue weighted by molar-refractivity contribution is 5.91. The molecule has 0 radical (unpaired) electrons. The van der Waals surface area contributed by atoms with Crippen LogP contribution in [0.25, 0.3) is 0 Å². The molecule has 2 N–H and O–H groups in total. The molecule has 0 aliphatic rings. The molecule has 0 aromatic carbocycles. The summed E-state index contributed by atoms with van der Waals surface area (Å²) in [5.74, 6) is -0.237. The van der Waals surface area contributed by atoms with Gasteiger partial charge in [0.25, 0.3) is 0 Å². The molecule has 0 saturated carbocycles. The zero-order chi connectivity index (χ0) is 18.4. The van der Waals surface area contributed by atoms with Crippen molar-refractivity contribution in [3.05, 3.63) is 23.9 Å². The average Bonchev–Trinajstić information content (AvgIpc) is 2.60. The van der Waals surface area contributed by atoms with Gasteiger partial charge in [-0.15, -0.1) is 0 Å². The number of nitrogens with two attached hydrogens (primary N) is 1. The first-order chi connectivity index (χ1) is 11.9. The molecule has 0 spiro atoms. The quantitative estimate of drug-likeness (QED) is 0.472. The molecule has 0 saturated heterocycles. The Balaban J connectivity index is 2.36. The standard InChI is InChI=1S/C15H17N5O5/c1-8(2)20-25-14(21)13-9(5-6-10(16)17-13)24-15-18-11(22-3)7-12(19-15)23-4/h5-7H,1-4H3,(H2,16,17). The van der Waals surface area contributed by atoms with E-state index in [4.69, 9.17) is 24.8 Å². The number of methoxy groups -OCH3 is 2. The predicted molar refractivity (Wildman–Crippen MR) is 88.1 cm³/mol. The monoisotopic (exact) mass is 347 g/mol. The molecule has 0 aliphatic carbocycles. The van der Waals surface area contributed by atoms with Crippen molar-refractivity contribution < 1.29 is 23.8 Å². The van der Waals surface area contributed by atoms with E-state index in [0.717, 1.165) is 0 Å². The molecule has 2 aromatic heterocycles. The first-order valence-corrected chi connectivity index (χ1v) is 7.07. The molecule has 2 aromatic rings. The van der Waals surface area contributed by atoms with E-state index in [1.165, 1.54) is 32.4 Å². The molecule has 0 aliphatic heterocycles. The van der Waals surface area contributed by atoms with E-state index >= 15 is 0 Å². The number of ether oxygens (including phenoxy) is 3. The van der Waals surface area contributed by atoms with Crippen molar-refractivity contribution >= 4 is 17.5 Å². The van der Waals surface area contributed by atoms with E-state index < -0.39 is 5.97 Å². The Kier molecular flexibility index (Phi) is 5.66. The van der Waals surface area contributed by atoms with Crippen LogP contribution in [0.5, 0.6) is 23.5 Å². The molecular weight excluding hydrogens is 330 g/mol. The molecule has 10 heteroatoms. The average molecular weight is 347 g/mol. The lowest BCUT2D eigenvalue weighted by Crippen LogP contribution is -2.09. The van der Waals surface area contributed by atoms with Crippen LogP contribution in [-0.4, -0.2) is 40.9 Å². The minimum atomic E-state index is -0.835. The Hall–Kier alpha value is -3.43. The van der Waals surface area contributed by atoms with Crippen LogP contribution in [0, 0.1) is 0 Å². The predicted octanol–water partition coefficient (Wildman–Crippen LogP) is 1.82. The van der Waals surface area contributed by atoms with Gasteiger partial charge in [-0.2, -0.15) is 9.97 Å². The minimum absolute atomic E-state index is 0.0402. The lowest BCUT2D eigenvalue weighted by Gasteiger charge is -2.10. The van der Waals surface area contributed by atoms with E-state index in [-0.39, 0.29) is 35.0 Å². The molecule has 25 heavy (non-hydrogen) atoms. The molecule has 132 valence electrons. The molecular formula is C15H17N5O5. The van der Waals surface area contributed by atoms with Gasteiger partial charge < -0.3 is 24.8 Å². The van der Waals surface area contributed by atoms with E-state index in [1.807, 2.05) is 0 Å². The number of anilines is 1. The number of aromatic nitrogens is 3. The Morgan fingerprint density at radius 3 is 2.28 bits per heavy atom. The number of nitrogen functional groups attached to an aromatic ring is 1. The van der Waals surface area contributed by atoms with Crippen molar-refractivity contribution in [2.24, 2.45) is 5.16 Å². The van der Waals surface area contributed by atoms with Gasteiger partial charge >= 0.3 is 12.0 Å². The van der Waals surface area contributed by atoms with E-state index in [0.29, 0.717) is 5.71 Å². The SMILES string of the molecule is COc1cc(OC)nc(Oc2ccc(N)nc2C(=O)ON=C(C)C)n1. The summed E-state index contributed by atoms with van der Waals surface area (Å²) in [6.45, 7) is 3.35. The van der Waals surface area contributed by atoms with Crippen LogP contribution in [0.3, 0.4) is 0 Å². The maximum Gasteiger partial charge on any atom is 0.387 e. The highest BCUT2D eigenvalue weighted by Crippen LogP contribution is 2.26. The molecule has 2 heterocycles. The highest BCUT2D eigenvalue weighted by atomic mass is 16.7. The van der Waals surface area contributed by atoms with Gasteiger partial charge in [0.2, 0.25) is 11.8 Å². The summed E-state index contributed by atoms with van der Waals surface area (Å²) in [4.78, 5) is 28.9. The van der Waals surface area contributed by atoms with Crippen LogP contribution >= 0.6 is 0 Å². The van der Waals surface area contributed by atoms with Crippen LogP contribution in [0.2, 0.25) is 0 Å². The molecule has 0 unspecified atom stereocenters. The third kappa shape index (κ3) is 4.77. The summed E-state index contributed by atoms with van der Waals surface area (Å²) in [5, 5.41) is 3.59. The molecule has 10 nitrogen and oxygen atoms in total. The molecule has 0 amide bonds. The normalized spacial score (nSPS) is 9.92. The number of carbonyl (C=O) groups excluding carboxylic acids is 1. The fourth-order valence-electron chi connectivity index (χ4n) is 1.60. The van der Waals surface area contributed by atoms with Crippen molar-refractivity contribution in [1.82, 2.24) is 15.0 Å². The van der Waals surface area contributed by atoms with Gasteiger partial charge in [0, 0.05) is 0 Å². The Morgan fingerprint density at radius 1 is 1.08 bits per heavy atom. The van der Waals surface area contributed by atoms with Crippen molar-refractivity contribution in [2.75, 3.05) is 20.0 Å². The van der Waals surface area contributed by atoms with E-state index in [2.05, 4.69) is 20.1 Å². The fourth-order valence-corrected chi connectivity index (χ4v) is 1.60. The first kappa shape index (κ1) is 17.9. The van der Waals surface area contributed by atoms with Gasteiger partial charge in [0.1, 0.15) is 5.82 Å². The zero-order valence-corrected chi connectivity index (χ0v) is 14.1.